The Labute approximate surface area is 252 Å². The number of benzene rings is 1. The minimum absolute atomic E-state index is 0.0283. The van der Waals surface area contributed by atoms with Crippen molar-refractivity contribution in [1.82, 2.24) is 15.5 Å². The second-order valence-electron chi connectivity index (χ2n) is 13.3. The van der Waals surface area contributed by atoms with Crippen LogP contribution >= 0.6 is 0 Å². The first kappa shape index (κ1) is 31.6. The van der Waals surface area contributed by atoms with Crippen LogP contribution in [0.5, 0.6) is 5.75 Å². The third kappa shape index (κ3) is 5.69. The Balaban J connectivity index is 1.31. The van der Waals surface area contributed by atoms with E-state index in [2.05, 4.69) is 16.0 Å². The van der Waals surface area contributed by atoms with Gasteiger partial charge in [0.15, 0.2) is 6.10 Å². The molecule has 0 spiro atoms. The van der Waals surface area contributed by atoms with Crippen LogP contribution in [0, 0.1) is 40.3 Å². The number of rotatable bonds is 9. The summed E-state index contributed by atoms with van der Waals surface area (Å²) in [4.78, 5) is 54.6. The molecular weight excluding hydrogens is 583 g/mol. The van der Waals surface area contributed by atoms with Crippen molar-refractivity contribution in [2.75, 3.05) is 19.0 Å². The summed E-state index contributed by atoms with van der Waals surface area (Å²) in [7, 11) is 1.36. The third-order valence-corrected chi connectivity index (χ3v) is 9.66. The van der Waals surface area contributed by atoms with Crippen molar-refractivity contribution < 1.29 is 41.8 Å². The van der Waals surface area contributed by atoms with E-state index in [-0.39, 0.29) is 41.7 Å². The number of carbonyl (C=O) groups is 4. The maximum atomic E-state index is 14.0. The highest BCUT2D eigenvalue weighted by atomic mass is 19.3. The number of hydrogen-bond acceptors (Lipinski definition) is 7. The number of alkyl halides is 2. The first-order chi connectivity index (χ1) is 20.5. The summed E-state index contributed by atoms with van der Waals surface area (Å²) < 4.78 is 51.6. The maximum absolute atomic E-state index is 14.0. The highest BCUT2D eigenvalue weighted by molar-refractivity contribution is 5.98. The lowest BCUT2D eigenvalue weighted by Gasteiger charge is -2.40. The van der Waals surface area contributed by atoms with Gasteiger partial charge in [0.2, 0.25) is 23.6 Å². The van der Waals surface area contributed by atoms with Crippen LogP contribution in [-0.4, -0.2) is 77.9 Å². The third-order valence-electron chi connectivity index (χ3n) is 9.66. The van der Waals surface area contributed by atoms with Gasteiger partial charge < -0.3 is 30.3 Å². The molecule has 5 rings (SSSR count). The van der Waals surface area contributed by atoms with E-state index in [0.29, 0.717) is 0 Å². The molecule has 1 aromatic carbocycles. The Hall–Kier alpha value is -3.86. The number of anilines is 1. The first-order valence-corrected chi connectivity index (χ1v) is 14.5. The van der Waals surface area contributed by atoms with Gasteiger partial charge in [0.25, 0.3) is 5.91 Å². The quantitative estimate of drug-likeness (QED) is 0.384. The van der Waals surface area contributed by atoms with Crippen molar-refractivity contribution in [1.29, 1.82) is 5.26 Å². The lowest BCUT2D eigenvalue weighted by molar-refractivity contribution is -0.158. The van der Waals surface area contributed by atoms with Crippen LogP contribution in [0.15, 0.2) is 18.2 Å². The van der Waals surface area contributed by atoms with Crippen LogP contribution in [0.1, 0.15) is 47.0 Å². The van der Waals surface area contributed by atoms with E-state index in [9.17, 15) is 37.6 Å². The standard InChI is InChI=1S/C30H36F3N5O6/c1-28(2)17-13-38(27(42)23(29(3,4)43-5)37-24(39)14-10-30(32,33)11-14)22(21(17)28)26(41)35-16(12-34)9-20-25(40)36-18-8-15(31)6-7-19(18)44-20/h6-8,14,16-17,20-23H,9-11,13H2,1-5H3,(H,35,41)(H,36,40)(H,37,39)/t16?,17-,20-,21-,22-,23?/m0/s1. The average molecular weight is 620 g/mol. The largest absolute Gasteiger partial charge is 0.478 e. The Morgan fingerprint density at radius 2 is 1.91 bits per heavy atom. The van der Waals surface area contributed by atoms with Crippen molar-refractivity contribution in [3.8, 4) is 11.8 Å². The van der Waals surface area contributed by atoms with Gasteiger partial charge >= 0.3 is 0 Å². The number of methoxy groups -OCH3 is 1. The molecule has 2 saturated carbocycles. The number of nitrogens with one attached hydrogen (secondary N) is 3. The second kappa shape index (κ2) is 10.9. The van der Waals surface area contributed by atoms with Gasteiger partial charge in [-0.2, -0.15) is 5.26 Å². The monoisotopic (exact) mass is 619 g/mol. The van der Waals surface area contributed by atoms with E-state index in [1.54, 1.807) is 13.8 Å². The van der Waals surface area contributed by atoms with Crippen molar-refractivity contribution >= 4 is 29.3 Å². The van der Waals surface area contributed by atoms with E-state index in [1.165, 1.54) is 24.1 Å². The van der Waals surface area contributed by atoms with Gasteiger partial charge in [-0.3, -0.25) is 19.2 Å². The smallest absolute Gasteiger partial charge is 0.265 e. The lowest BCUT2D eigenvalue weighted by Crippen LogP contribution is -2.64. The van der Waals surface area contributed by atoms with Crippen molar-refractivity contribution in [3.05, 3.63) is 24.0 Å². The van der Waals surface area contributed by atoms with Crippen LogP contribution in [0.4, 0.5) is 18.9 Å². The summed E-state index contributed by atoms with van der Waals surface area (Å²) >= 11 is 0. The fraction of sp³-hybridized carbons (Fsp3) is 0.633. The minimum atomic E-state index is -2.93. The molecule has 11 nitrogen and oxygen atoms in total. The zero-order chi connectivity index (χ0) is 32.4. The highest BCUT2D eigenvalue weighted by Gasteiger charge is 2.70. The zero-order valence-electron chi connectivity index (χ0n) is 25.1. The molecule has 2 unspecified atom stereocenters. The van der Waals surface area contributed by atoms with Crippen LogP contribution in [0.25, 0.3) is 0 Å². The molecule has 1 saturated heterocycles. The number of amides is 4. The first-order valence-electron chi connectivity index (χ1n) is 14.5. The summed E-state index contributed by atoms with van der Waals surface area (Å²) in [5.41, 5.74) is -1.38. The molecule has 0 bridgehead atoms. The molecule has 2 aliphatic heterocycles. The molecule has 6 atom stereocenters. The summed E-state index contributed by atoms with van der Waals surface area (Å²) in [6.07, 6.45) is -2.59. The summed E-state index contributed by atoms with van der Waals surface area (Å²) in [6, 6.07) is 2.14. The lowest BCUT2D eigenvalue weighted by atomic mass is 9.80. The number of hydrogen-bond donors (Lipinski definition) is 3. The molecule has 238 valence electrons. The SMILES string of the molecule is COC(C)(C)C(NC(=O)C1CC(F)(F)C1)C(=O)N1C[C@H]2[C@@H]([C@H]1C(=O)NC(C#N)C[C@@H]1Oc3ccc(F)cc3NC1=O)C2(C)C. The number of nitriles is 1. The molecule has 14 heteroatoms. The topological polar surface area (TPSA) is 150 Å². The molecule has 3 N–H and O–H groups in total. The molecule has 0 radical (unpaired) electrons. The van der Waals surface area contributed by atoms with E-state index in [4.69, 9.17) is 9.47 Å². The molecule has 4 amide bonds. The van der Waals surface area contributed by atoms with Crippen LogP contribution < -0.4 is 20.7 Å². The van der Waals surface area contributed by atoms with Gasteiger partial charge in [-0.25, -0.2) is 13.2 Å². The van der Waals surface area contributed by atoms with Gasteiger partial charge in [0.05, 0.1) is 17.4 Å². The Bertz CT molecular complexity index is 1420. The zero-order valence-corrected chi connectivity index (χ0v) is 25.1. The van der Waals surface area contributed by atoms with Crippen LogP contribution in [0.3, 0.4) is 0 Å². The van der Waals surface area contributed by atoms with E-state index in [1.807, 2.05) is 19.9 Å². The normalized spacial score (nSPS) is 27.7. The van der Waals surface area contributed by atoms with Gasteiger partial charge in [-0.1, -0.05) is 13.8 Å². The second-order valence-corrected chi connectivity index (χ2v) is 13.3. The molecule has 1 aromatic rings. The number of fused-ring (bicyclic) bond motifs is 2. The number of halogens is 3. The predicted molar refractivity (Wildman–Crippen MR) is 149 cm³/mol. The predicted octanol–water partition coefficient (Wildman–Crippen LogP) is 2.36. The maximum Gasteiger partial charge on any atom is 0.265 e. The number of ether oxygens (including phenoxy) is 2. The Morgan fingerprint density at radius 1 is 1.23 bits per heavy atom. The fourth-order valence-electron chi connectivity index (χ4n) is 6.63. The molecule has 3 fully saturated rings. The van der Waals surface area contributed by atoms with Gasteiger partial charge in [0, 0.05) is 44.9 Å². The number of nitrogens with zero attached hydrogens (tertiary/aromatic N) is 2. The van der Waals surface area contributed by atoms with E-state index >= 15 is 0 Å². The molecule has 2 heterocycles. The molecular formula is C30H36F3N5O6. The van der Waals surface area contributed by atoms with Crippen molar-refractivity contribution in [2.24, 2.45) is 23.2 Å². The van der Waals surface area contributed by atoms with Gasteiger partial charge in [-0.05, 0) is 43.2 Å². The highest BCUT2D eigenvalue weighted by Crippen LogP contribution is 2.65. The molecule has 4 aliphatic rings. The summed E-state index contributed by atoms with van der Waals surface area (Å²) in [5.74, 6) is -7.00. The number of piperidine rings is 1. The van der Waals surface area contributed by atoms with Crippen LogP contribution in [0.2, 0.25) is 0 Å². The molecule has 44 heavy (non-hydrogen) atoms. The number of carbonyl (C=O) groups excluding carboxylic acids is 4. The molecule has 0 aromatic heterocycles. The fourth-order valence-corrected chi connectivity index (χ4v) is 6.63. The number of likely N-dealkylation sites (tertiary alicyclic amines) is 1. The molecule has 2 aliphatic carbocycles. The van der Waals surface area contributed by atoms with E-state index in [0.717, 1.165) is 6.07 Å². The summed E-state index contributed by atoms with van der Waals surface area (Å²) in [6.45, 7) is 7.31. The summed E-state index contributed by atoms with van der Waals surface area (Å²) in [5, 5.41) is 17.7. The van der Waals surface area contributed by atoms with E-state index < -0.39 is 84.0 Å². The van der Waals surface area contributed by atoms with Gasteiger partial charge in [-0.15, -0.1) is 0 Å². The Kier molecular flexibility index (Phi) is 7.85. The van der Waals surface area contributed by atoms with Gasteiger partial charge in [0.1, 0.15) is 29.7 Å². The van der Waals surface area contributed by atoms with Crippen LogP contribution in [-0.2, 0) is 23.9 Å². The van der Waals surface area contributed by atoms with Crippen molar-refractivity contribution in [3.63, 3.8) is 0 Å². The minimum Gasteiger partial charge on any atom is -0.478 e. The average Bonchev–Trinajstić information content (AvgIpc) is 3.26. The van der Waals surface area contributed by atoms with Crippen molar-refractivity contribution in [2.45, 2.75) is 82.7 Å². The Morgan fingerprint density at radius 3 is 2.52 bits per heavy atom.